The first-order valence-electron chi connectivity index (χ1n) is 6.57. The van der Waals surface area contributed by atoms with Crippen LogP contribution >= 0.6 is 11.3 Å². The monoisotopic (exact) mass is 273 g/mol. The van der Waals surface area contributed by atoms with Gasteiger partial charge in [-0.15, -0.1) is 11.3 Å². The van der Waals surface area contributed by atoms with Crippen LogP contribution in [0.15, 0.2) is 29.6 Å². The van der Waals surface area contributed by atoms with Gasteiger partial charge in [0, 0.05) is 23.2 Å². The number of fused-ring (bicyclic) bond motifs is 2. The minimum atomic E-state index is 0.344. The molecule has 0 saturated carbocycles. The van der Waals surface area contributed by atoms with Gasteiger partial charge in [0.25, 0.3) is 0 Å². The lowest BCUT2D eigenvalue weighted by Crippen LogP contribution is -2.24. The topological polar surface area (TPSA) is 30.5 Å². The van der Waals surface area contributed by atoms with Crippen molar-refractivity contribution >= 4 is 17.0 Å². The molecule has 2 aromatic rings. The minimum Gasteiger partial charge on any atom is -0.454 e. The lowest BCUT2D eigenvalue weighted by atomic mass is 9.91. The average molecular weight is 273 g/mol. The molecule has 0 radical (unpaired) electrons. The highest BCUT2D eigenvalue weighted by Gasteiger charge is 2.23. The first-order valence-corrected chi connectivity index (χ1v) is 7.45. The van der Waals surface area contributed by atoms with E-state index in [0.29, 0.717) is 12.7 Å². The van der Waals surface area contributed by atoms with E-state index < -0.39 is 0 Å². The maximum atomic E-state index is 5.46. The summed E-state index contributed by atoms with van der Waals surface area (Å²) in [5.74, 6) is 2.41. The summed E-state index contributed by atoms with van der Waals surface area (Å²) in [7, 11) is 0. The second-order valence-corrected chi connectivity index (χ2v) is 6.13. The summed E-state index contributed by atoms with van der Waals surface area (Å²) in [6, 6.07) is 8.55. The Labute approximate surface area is 116 Å². The standard InChI is InChI=1S/C15H15NO2S/c1-2-12(19-3-1)5-10-4-11-6-14-15(18-9-17-14)7-13(11)16-8-10/h1-3,6-7,10,16H,4-5,8-9H2. The second kappa shape index (κ2) is 4.46. The summed E-state index contributed by atoms with van der Waals surface area (Å²) in [4.78, 5) is 1.47. The van der Waals surface area contributed by atoms with Crippen LogP contribution in [-0.4, -0.2) is 13.3 Å². The molecule has 0 bridgehead atoms. The Kier molecular flexibility index (Phi) is 2.62. The van der Waals surface area contributed by atoms with E-state index in [1.54, 1.807) is 0 Å². The van der Waals surface area contributed by atoms with Crippen molar-refractivity contribution in [2.75, 3.05) is 18.7 Å². The molecular weight excluding hydrogens is 258 g/mol. The van der Waals surface area contributed by atoms with Gasteiger partial charge in [-0.25, -0.2) is 0 Å². The third-order valence-electron chi connectivity index (χ3n) is 3.76. The van der Waals surface area contributed by atoms with E-state index in [-0.39, 0.29) is 0 Å². The average Bonchev–Trinajstić information content (AvgIpc) is 3.06. The van der Waals surface area contributed by atoms with E-state index in [1.807, 2.05) is 11.3 Å². The fourth-order valence-electron chi connectivity index (χ4n) is 2.81. The third-order valence-corrected chi connectivity index (χ3v) is 4.66. The van der Waals surface area contributed by atoms with Crippen LogP contribution in [0.3, 0.4) is 0 Å². The molecule has 1 N–H and O–H groups in total. The molecular formula is C15H15NO2S. The minimum absolute atomic E-state index is 0.344. The zero-order chi connectivity index (χ0) is 12.7. The number of nitrogens with one attached hydrogen (secondary N) is 1. The molecule has 1 atom stereocenters. The Morgan fingerprint density at radius 2 is 2.16 bits per heavy atom. The van der Waals surface area contributed by atoms with E-state index in [4.69, 9.17) is 9.47 Å². The Hall–Kier alpha value is -1.68. The number of rotatable bonds is 2. The van der Waals surface area contributed by atoms with Crippen LogP contribution < -0.4 is 14.8 Å². The number of benzene rings is 1. The van der Waals surface area contributed by atoms with Gasteiger partial charge in [-0.1, -0.05) is 6.07 Å². The number of anilines is 1. The second-order valence-electron chi connectivity index (χ2n) is 5.10. The summed E-state index contributed by atoms with van der Waals surface area (Å²) in [6.07, 6.45) is 2.26. The van der Waals surface area contributed by atoms with Crippen molar-refractivity contribution in [2.24, 2.45) is 5.92 Å². The van der Waals surface area contributed by atoms with Gasteiger partial charge in [-0.05, 0) is 41.8 Å². The van der Waals surface area contributed by atoms with E-state index in [0.717, 1.165) is 30.9 Å². The summed E-state index contributed by atoms with van der Waals surface area (Å²) < 4.78 is 10.9. The first-order chi connectivity index (χ1) is 9.38. The van der Waals surface area contributed by atoms with Crippen LogP contribution in [-0.2, 0) is 12.8 Å². The van der Waals surface area contributed by atoms with Crippen molar-refractivity contribution in [2.45, 2.75) is 12.8 Å². The maximum absolute atomic E-state index is 5.46. The molecule has 1 aromatic carbocycles. The Bertz CT molecular complexity index is 594. The summed E-state index contributed by atoms with van der Waals surface area (Å²) in [5, 5.41) is 5.67. The molecule has 0 aliphatic carbocycles. The normalized spacial score (nSPS) is 19.9. The summed E-state index contributed by atoms with van der Waals surface area (Å²) in [6.45, 7) is 1.38. The van der Waals surface area contributed by atoms with Crippen LogP contribution in [0.5, 0.6) is 11.5 Å². The molecule has 0 amide bonds. The molecule has 3 heterocycles. The van der Waals surface area contributed by atoms with E-state index in [1.165, 1.54) is 16.1 Å². The lowest BCUT2D eigenvalue weighted by Gasteiger charge is -2.26. The van der Waals surface area contributed by atoms with E-state index in [9.17, 15) is 0 Å². The number of hydrogen-bond acceptors (Lipinski definition) is 4. The SMILES string of the molecule is c1csc(CC2CNc3cc4c(cc3C2)OCO4)c1. The Balaban J connectivity index is 1.56. The van der Waals surface area contributed by atoms with Crippen molar-refractivity contribution in [3.63, 3.8) is 0 Å². The van der Waals surface area contributed by atoms with Crippen LogP contribution in [0.4, 0.5) is 5.69 Å². The molecule has 3 nitrogen and oxygen atoms in total. The molecule has 0 saturated heterocycles. The van der Waals surface area contributed by atoms with Crippen molar-refractivity contribution in [1.29, 1.82) is 0 Å². The van der Waals surface area contributed by atoms with Crippen molar-refractivity contribution in [1.82, 2.24) is 0 Å². The molecule has 98 valence electrons. The molecule has 4 rings (SSSR count). The fourth-order valence-corrected chi connectivity index (χ4v) is 3.63. The van der Waals surface area contributed by atoms with Gasteiger partial charge >= 0.3 is 0 Å². The molecule has 1 unspecified atom stereocenters. The Morgan fingerprint density at radius 1 is 1.26 bits per heavy atom. The smallest absolute Gasteiger partial charge is 0.231 e. The summed E-state index contributed by atoms with van der Waals surface area (Å²) >= 11 is 1.85. The molecule has 2 aliphatic heterocycles. The van der Waals surface area contributed by atoms with Crippen molar-refractivity contribution in [3.8, 4) is 11.5 Å². The quantitative estimate of drug-likeness (QED) is 0.910. The van der Waals surface area contributed by atoms with Gasteiger partial charge in [-0.2, -0.15) is 0 Å². The number of hydrogen-bond donors (Lipinski definition) is 1. The van der Waals surface area contributed by atoms with E-state index in [2.05, 4.69) is 35.0 Å². The first kappa shape index (κ1) is 11.2. The van der Waals surface area contributed by atoms with Gasteiger partial charge in [-0.3, -0.25) is 0 Å². The van der Waals surface area contributed by atoms with Crippen LogP contribution in [0.1, 0.15) is 10.4 Å². The molecule has 0 fully saturated rings. The van der Waals surface area contributed by atoms with E-state index >= 15 is 0 Å². The summed E-state index contributed by atoms with van der Waals surface area (Å²) in [5.41, 5.74) is 2.55. The van der Waals surface area contributed by atoms with Gasteiger partial charge in [0.05, 0.1) is 0 Å². The van der Waals surface area contributed by atoms with Crippen LogP contribution in [0.25, 0.3) is 0 Å². The number of ether oxygens (including phenoxy) is 2. The number of thiophene rings is 1. The van der Waals surface area contributed by atoms with Crippen molar-refractivity contribution in [3.05, 3.63) is 40.1 Å². The van der Waals surface area contributed by atoms with Crippen LogP contribution in [0.2, 0.25) is 0 Å². The van der Waals surface area contributed by atoms with Gasteiger partial charge < -0.3 is 14.8 Å². The van der Waals surface area contributed by atoms with Gasteiger partial charge in [0.1, 0.15) is 0 Å². The zero-order valence-electron chi connectivity index (χ0n) is 10.5. The molecule has 19 heavy (non-hydrogen) atoms. The van der Waals surface area contributed by atoms with Crippen LogP contribution in [0, 0.1) is 5.92 Å². The van der Waals surface area contributed by atoms with Crippen molar-refractivity contribution < 1.29 is 9.47 Å². The Morgan fingerprint density at radius 3 is 3.00 bits per heavy atom. The molecule has 2 aliphatic rings. The predicted octanol–water partition coefficient (Wildman–Crippen LogP) is 3.30. The maximum Gasteiger partial charge on any atom is 0.231 e. The molecule has 0 spiro atoms. The van der Waals surface area contributed by atoms with Gasteiger partial charge in [0.15, 0.2) is 11.5 Å². The highest BCUT2D eigenvalue weighted by atomic mass is 32.1. The third kappa shape index (κ3) is 2.06. The highest BCUT2D eigenvalue weighted by Crippen LogP contribution is 2.39. The molecule has 1 aromatic heterocycles. The molecule has 4 heteroatoms. The fraction of sp³-hybridized carbons (Fsp3) is 0.333. The largest absolute Gasteiger partial charge is 0.454 e. The lowest BCUT2D eigenvalue weighted by molar-refractivity contribution is 0.174. The predicted molar refractivity (Wildman–Crippen MR) is 76.3 cm³/mol. The highest BCUT2D eigenvalue weighted by molar-refractivity contribution is 7.09. The van der Waals surface area contributed by atoms with Gasteiger partial charge in [0.2, 0.25) is 6.79 Å². The zero-order valence-corrected chi connectivity index (χ0v) is 11.3.